The number of aryl methyl sites for hydroxylation is 1. The van der Waals surface area contributed by atoms with Gasteiger partial charge in [-0.3, -0.25) is 14.4 Å². The van der Waals surface area contributed by atoms with Crippen LogP contribution in [0.5, 0.6) is 0 Å². The summed E-state index contributed by atoms with van der Waals surface area (Å²) >= 11 is 0. The first-order valence-electron chi connectivity index (χ1n) is 11.6. The summed E-state index contributed by atoms with van der Waals surface area (Å²) in [7, 11) is 1.75. The summed E-state index contributed by atoms with van der Waals surface area (Å²) < 4.78 is 21.8. The van der Waals surface area contributed by atoms with Crippen molar-refractivity contribution in [1.29, 1.82) is 0 Å². The number of halogens is 1. The van der Waals surface area contributed by atoms with Crippen LogP contribution in [0.2, 0.25) is 0 Å². The molecule has 0 fully saturated rings. The van der Waals surface area contributed by atoms with Gasteiger partial charge in [0.2, 0.25) is 6.41 Å². The van der Waals surface area contributed by atoms with Crippen LogP contribution >= 0.6 is 0 Å². The molecule has 0 saturated carbocycles. The van der Waals surface area contributed by atoms with E-state index >= 15 is 0 Å². The standard InChI is InChI=1S/C26H24FN3O4/c1-4-13-15-7-21-24-16(9-30(21)25(32)17(15)10-34-26(13)33)23-20(29(3)11-31)6-5-14-12(2)18(27)8-19(28-24)22(14)23/h7-8,11,13,20H,4-6,9-10H2,1-3H3. The summed E-state index contributed by atoms with van der Waals surface area (Å²) in [6.45, 7) is 3.95. The Morgan fingerprint density at radius 2 is 2.06 bits per heavy atom. The maximum atomic E-state index is 14.8. The molecule has 8 heteroatoms. The lowest BCUT2D eigenvalue weighted by Crippen LogP contribution is -2.32. The van der Waals surface area contributed by atoms with Crippen LogP contribution < -0.4 is 5.56 Å². The van der Waals surface area contributed by atoms with E-state index in [0.29, 0.717) is 59.4 Å². The Labute approximate surface area is 195 Å². The highest BCUT2D eigenvalue weighted by Crippen LogP contribution is 2.46. The van der Waals surface area contributed by atoms with E-state index < -0.39 is 5.92 Å². The summed E-state index contributed by atoms with van der Waals surface area (Å²) in [6.07, 6.45) is 2.65. The molecule has 174 valence electrons. The van der Waals surface area contributed by atoms with Crippen molar-refractivity contribution < 1.29 is 18.7 Å². The summed E-state index contributed by atoms with van der Waals surface area (Å²) in [5.74, 6) is -1.13. The molecular formula is C26H24FN3O4. The molecule has 34 heavy (non-hydrogen) atoms. The molecule has 2 aliphatic heterocycles. The van der Waals surface area contributed by atoms with E-state index in [2.05, 4.69) is 0 Å². The summed E-state index contributed by atoms with van der Waals surface area (Å²) in [5, 5.41) is 0.887. The van der Waals surface area contributed by atoms with E-state index in [0.717, 1.165) is 28.5 Å². The molecule has 2 unspecified atom stereocenters. The van der Waals surface area contributed by atoms with Crippen molar-refractivity contribution in [3.05, 3.63) is 61.7 Å². The Balaban J connectivity index is 1.69. The first kappa shape index (κ1) is 21.0. The number of nitrogens with zero attached hydrogens (tertiary/aromatic N) is 3. The van der Waals surface area contributed by atoms with Crippen LogP contribution in [0.3, 0.4) is 0 Å². The quantitative estimate of drug-likeness (QED) is 0.345. The largest absolute Gasteiger partial charge is 0.460 e. The van der Waals surface area contributed by atoms with Gasteiger partial charge in [0.15, 0.2) is 0 Å². The van der Waals surface area contributed by atoms with Gasteiger partial charge in [0.1, 0.15) is 12.4 Å². The molecule has 2 atom stereocenters. The van der Waals surface area contributed by atoms with E-state index in [1.165, 1.54) is 6.07 Å². The highest BCUT2D eigenvalue weighted by molar-refractivity contribution is 5.93. The van der Waals surface area contributed by atoms with Crippen molar-refractivity contribution in [3.8, 4) is 11.4 Å². The number of esters is 1. The molecule has 3 aromatic rings. The zero-order valence-electron chi connectivity index (χ0n) is 19.3. The second-order valence-corrected chi connectivity index (χ2v) is 9.46. The average Bonchev–Trinajstić information content (AvgIpc) is 3.20. The smallest absolute Gasteiger partial charge is 0.313 e. The van der Waals surface area contributed by atoms with Crippen LogP contribution in [-0.4, -0.2) is 33.9 Å². The molecule has 0 bridgehead atoms. The lowest BCUT2D eigenvalue weighted by atomic mass is 9.81. The Morgan fingerprint density at radius 1 is 1.26 bits per heavy atom. The van der Waals surface area contributed by atoms with Gasteiger partial charge in [0.05, 0.1) is 41.0 Å². The maximum Gasteiger partial charge on any atom is 0.313 e. The average molecular weight is 461 g/mol. The fraction of sp³-hybridized carbons (Fsp3) is 0.385. The third-order valence-electron chi connectivity index (χ3n) is 7.82. The number of carbonyl (C=O) groups is 2. The topological polar surface area (TPSA) is 81.5 Å². The highest BCUT2D eigenvalue weighted by atomic mass is 19.1. The number of benzene rings is 1. The van der Waals surface area contributed by atoms with Crippen molar-refractivity contribution in [2.24, 2.45) is 0 Å². The molecule has 0 N–H and O–H groups in total. The van der Waals surface area contributed by atoms with Gasteiger partial charge in [0, 0.05) is 24.1 Å². The maximum absolute atomic E-state index is 14.8. The number of aromatic nitrogens is 2. The number of cyclic esters (lactones) is 1. The van der Waals surface area contributed by atoms with Gasteiger partial charge in [-0.25, -0.2) is 9.37 Å². The number of rotatable bonds is 3. The van der Waals surface area contributed by atoms with Gasteiger partial charge in [-0.2, -0.15) is 0 Å². The normalized spacial score (nSPS) is 19.9. The Bertz CT molecular complexity index is 1490. The Kier molecular flexibility index (Phi) is 4.46. The molecule has 0 saturated heterocycles. The monoisotopic (exact) mass is 461 g/mol. The Morgan fingerprint density at radius 3 is 2.79 bits per heavy atom. The molecule has 4 heterocycles. The molecular weight excluding hydrogens is 437 g/mol. The molecule has 1 aromatic carbocycles. The molecule has 3 aliphatic rings. The SMILES string of the molecule is CCC1C(=O)OCc2c1cc1n(c2=O)Cc2c-1nc1cc(F)c(C)c3c1c2C(N(C)C=O)CC3. The zero-order chi connectivity index (χ0) is 23.9. The minimum absolute atomic E-state index is 0.0343. The summed E-state index contributed by atoms with van der Waals surface area (Å²) in [6, 6.07) is 3.14. The summed E-state index contributed by atoms with van der Waals surface area (Å²) in [5.41, 5.74) is 6.14. The minimum atomic E-state index is -0.495. The van der Waals surface area contributed by atoms with E-state index in [4.69, 9.17) is 9.72 Å². The van der Waals surface area contributed by atoms with Crippen LogP contribution in [0.4, 0.5) is 4.39 Å². The lowest BCUT2D eigenvalue weighted by Gasteiger charge is -2.33. The first-order valence-corrected chi connectivity index (χ1v) is 11.6. The van der Waals surface area contributed by atoms with Gasteiger partial charge in [0.25, 0.3) is 5.56 Å². The van der Waals surface area contributed by atoms with Crippen LogP contribution in [0.25, 0.3) is 22.3 Å². The van der Waals surface area contributed by atoms with Gasteiger partial charge >= 0.3 is 5.97 Å². The third-order valence-corrected chi connectivity index (χ3v) is 7.82. The lowest BCUT2D eigenvalue weighted by molar-refractivity contribution is -0.148. The zero-order valence-corrected chi connectivity index (χ0v) is 19.3. The second-order valence-electron chi connectivity index (χ2n) is 9.46. The predicted molar refractivity (Wildman–Crippen MR) is 123 cm³/mol. The number of hydrogen-bond acceptors (Lipinski definition) is 5. The number of fused-ring (bicyclic) bond motifs is 5. The molecule has 1 aliphatic carbocycles. The second kappa shape index (κ2) is 7.22. The first-order chi connectivity index (χ1) is 16.3. The minimum Gasteiger partial charge on any atom is -0.460 e. The number of carbonyl (C=O) groups excluding carboxylic acids is 2. The third kappa shape index (κ3) is 2.62. The molecule has 6 rings (SSSR count). The van der Waals surface area contributed by atoms with Crippen LogP contribution in [-0.2, 0) is 33.9 Å². The van der Waals surface area contributed by atoms with E-state index in [1.807, 2.05) is 13.0 Å². The molecule has 7 nitrogen and oxygen atoms in total. The molecule has 0 radical (unpaired) electrons. The number of pyridine rings is 2. The van der Waals surface area contributed by atoms with Crippen molar-refractivity contribution in [1.82, 2.24) is 14.5 Å². The van der Waals surface area contributed by atoms with E-state index in [1.54, 1.807) is 23.4 Å². The van der Waals surface area contributed by atoms with Crippen LogP contribution in [0.15, 0.2) is 16.9 Å². The van der Waals surface area contributed by atoms with Gasteiger partial charge in [-0.1, -0.05) is 6.92 Å². The van der Waals surface area contributed by atoms with E-state index in [9.17, 15) is 18.8 Å². The number of hydrogen-bond donors (Lipinski definition) is 0. The fourth-order valence-electron chi connectivity index (χ4n) is 6.03. The van der Waals surface area contributed by atoms with Crippen LogP contribution in [0, 0.1) is 12.7 Å². The number of amides is 1. The highest BCUT2D eigenvalue weighted by Gasteiger charge is 2.38. The van der Waals surface area contributed by atoms with E-state index in [-0.39, 0.29) is 30.0 Å². The molecule has 0 spiro atoms. The summed E-state index contributed by atoms with van der Waals surface area (Å²) in [4.78, 5) is 44.1. The van der Waals surface area contributed by atoms with Crippen molar-refractivity contribution in [2.45, 2.75) is 58.2 Å². The molecule has 2 aromatic heterocycles. The van der Waals surface area contributed by atoms with Crippen LogP contribution in [0.1, 0.15) is 65.1 Å². The fourth-order valence-corrected chi connectivity index (χ4v) is 6.03. The number of ether oxygens (including phenoxy) is 1. The van der Waals surface area contributed by atoms with Crippen molar-refractivity contribution in [3.63, 3.8) is 0 Å². The predicted octanol–water partition coefficient (Wildman–Crippen LogP) is 3.50. The van der Waals surface area contributed by atoms with Gasteiger partial charge in [-0.15, -0.1) is 0 Å². The Hall–Kier alpha value is -3.55. The van der Waals surface area contributed by atoms with Crippen molar-refractivity contribution in [2.75, 3.05) is 7.05 Å². The van der Waals surface area contributed by atoms with Crippen molar-refractivity contribution >= 4 is 23.3 Å². The van der Waals surface area contributed by atoms with Gasteiger partial charge < -0.3 is 14.2 Å². The molecule has 1 amide bonds. The van der Waals surface area contributed by atoms with Gasteiger partial charge in [-0.05, 0) is 54.5 Å².